The molecule has 1 unspecified atom stereocenters. The quantitative estimate of drug-likeness (QED) is 0.821. The maximum atomic E-state index is 13.0. The van der Waals surface area contributed by atoms with Gasteiger partial charge in [-0.05, 0) is 41.9 Å². The molecule has 1 atom stereocenters. The van der Waals surface area contributed by atoms with Crippen molar-refractivity contribution in [3.63, 3.8) is 0 Å². The van der Waals surface area contributed by atoms with Gasteiger partial charge in [-0.25, -0.2) is 4.39 Å². The molecule has 2 rings (SSSR count). The highest BCUT2D eigenvalue weighted by Gasteiger charge is 2.12. The zero-order valence-electron chi connectivity index (χ0n) is 12.0. The summed E-state index contributed by atoms with van der Waals surface area (Å²) >= 11 is 5.87. The minimum Gasteiger partial charge on any atom is -0.368 e. The van der Waals surface area contributed by atoms with Gasteiger partial charge in [0.05, 0.1) is 12.7 Å². The van der Waals surface area contributed by atoms with E-state index in [1.54, 1.807) is 12.1 Å². The second-order valence-corrected chi connectivity index (χ2v) is 5.22. The summed E-state index contributed by atoms with van der Waals surface area (Å²) in [5.74, 6) is -0.237. The van der Waals surface area contributed by atoms with E-state index < -0.39 is 0 Å². The highest BCUT2D eigenvalue weighted by Crippen LogP contribution is 2.20. The Labute approximate surface area is 129 Å². The van der Waals surface area contributed by atoms with Crippen molar-refractivity contribution in [2.24, 2.45) is 0 Å². The maximum Gasteiger partial charge on any atom is 0.123 e. The lowest BCUT2D eigenvalue weighted by molar-refractivity contribution is 0.0401. The van der Waals surface area contributed by atoms with Crippen LogP contribution in [0.5, 0.6) is 0 Å². The van der Waals surface area contributed by atoms with Gasteiger partial charge in [0.15, 0.2) is 0 Å². The lowest BCUT2D eigenvalue weighted by atomic mass is 10.1. The molecule has 4 heteroatoms. The lowest BCUT2D eigenvalue weighted by Crippen LogP contribution is -2.23. The summed E-state index contributed by atoms with van der Waals surface area (Å²) in [4.78, 5) is 0. The number of likely N-dealkylation sites (N-methyl/N-ethyl adjacent to an activating group) is 1. The molecule has 0 fully saturated rings. The molecule has 2 nitrogen and oxygen atoms in total. The highest BCUT2D eigenvalue weighted by molar-refractivity contribution is 6.30. The van der Waals surface area contributed by atoms with Crippen LogP contribution >= 0.6 is 11.6 Å². The summed E-state index contributed by atoms with van der Waals surface area (Å²) < 4.78 is 19.0. The fourth-order valence-corrected chi connectivity index (χ4v) is 2.13. The first-order valence-electron chi connectivity index (χ1n) is 7.01. The Morgan fingerprint density at radius 1 is 1.10 bits per heavy atom. The van der Waals surface area contributed by atoms with Crippen LogP contribution in [0.15, 0.2) is 48.5 Å². The molecule has 0 heterocycles. The average molecular weight is 308 g/mol. The molecule has 0 aliphatic carbocycles. The molecule has 0 aliphatic rings. The first-order valence-corrected chi connectivity index (χ1v) is 7.39. The number of hydrogen-bond acceptors (Lipinski definition) is 2. The Hall–Kier alpha value is -1.42. The van der Waals surface area contributed by atoms with Crippen LogP contribution in [0.3, 0.4) is 0 Å². The molecule has 0 aliphatic heterocycles. The van der Waals surface area contributed by atoms with Gasteiger partial charge in [0.2, 0.25) is 0 Å². The van der Waals surface area contributed by atoms with Crippen molar-refractivity contribution >= 4 is 11.6 Å². The zero-order chi connectivity index (χ0) is 15.1. The summed E-state index contributed by atoms with van der Waals surface area (Å²) in [6.07, 6.45) is -0.110. The second kappa shape index (κ2) is 8.13. The van der Waals surface area contributed by atoms with Crippen molar-refractivity contribution in [3.8, 4) is 0 Å². The Kier molecular flexibility index (Phi) is 6.18. The SMILES string of the molecule is CCNCC(OCc1ccc(Cl)cc1)c1ccc(F)cc1. The molecule has 21 heavy (non-hydrogen) atoms. The van der Waals surface area contributed by atoms with E-state index in [4.69, 9.17) is 16.3 Å². The van der Waals surface area contributed by atoms with E-state index in [1.165, 1.54) is 12.1 Å². The molecule has 112 valence electrons. The fourth-order valence-electron chi connectivity index (χ4n) is 2.00. The Morgan fingerprint density at radius 3 is 2.38 bits per heavy atom. The minimum absolute atomic E-state index is 0.110. The summed E-state index contributed by atoms with van der Waals surface area (Å²) in [5, 5.41) is 3.98. The van der Waals surface area contributed by atoms with Gasteiger partial charge in [0.25, 0.3) is 0 Å². The summed E-state index contributed by atoms with van der Waals surface area (Å²) in [6, 6.07) is 14.0. The molecule has 0 bridgehead atoms. The number of ether oxygens (including phenoxy) is 1. The predicted molar refractivity (Wildman–Crippen MR) is 83.9 cm³/mol. The van der Waals surface area contributed by atoms with Gasteiger partial charge in [-0.1, -0.05) is 42.8 Å². The average Bonchev–Trinajstić information content (AvgIpc) is 2.50. The molecule has 0 radical (unpaired) electrons. The third-order valence-corrected chi connectivity index (χ3v) is 3.44. The largest absolute Gasteiger partial charge is 0.368 e. The summed E-state index contributed by atoms with van der Waals surface area (Å²) in [5.41, 5.74) is 2.02. The van der Waals surface area contributed by atoms with Crippen LogP contribution in [0.2, 0.25) is 5.02 Å². The van der Waals surface area contributed by atoms with Gasteiger partial charge in [-0.15, -0.1) is 0 Å². The van der Waals surface area contributed by atoms with E-state index in [0.29, 0.717) is 18.2 Å². The maximum absolute atomic E-state index is 13.0. The lowest BCUT2D eigenvalue weighted by Gasteiger charge is -2.19. The summed E-state index contributed by atoms with van der Waals surface area (Å²) in [7, 11) is 0. The van der Waals surface area contributed by atoms with Crippen LogP contribution in [-0.2, 0) is 11.3 Å². The first kappa shape index (κ1) is 16.0. The van der Waals surface area contributed by atoms with Crippen molar-refractivity contribution in [1.82, 2.24) is 5.32 Å². The van der Waals surface area contributed by atoms with Crippen LogP contribution in [-0.4, -0.2) is 13.1 Å². The van der Waals surface area contributed by atoms with Gasteiger partial charge >= 0.3 is 0 Å². The molecule has 0 saturated carbocycles. The van der Waals surface area contributed by atoms with E-state index in [2.05, 4.69) is 5.32 Å². The second-order valence-electron chi connectivity index (χ2n) is 4.79. The Balaban J connectivity index is 2.02. The number of halogens is 2. The molecular formula is C17H19ClFNO. The first-order chi connectivity index (χ1) is 10.2. The van der Waals surface area contributed by atoms with Gasteiger partial charge < -0.3 is 10.1 Å². The number of hydrogen-bond donors (Lipinski definition) is 1. The normalized spacial score (nSPS) is 12.3. The standard InChI is InChI=1S/C17H19ClFNO/c1-2-20-11-17(14-5-9-16(19)10-6-14)21-12-13-3-7-15(18)8-4-13/h3-10,17,20H,2,11-12H2,1H3. The molecule has 0 amide bonds. The van der Waals surface area contributed by atoms with Crippen LogP contribution in [0, 0.1) is 5.82 Å². The van der Waals surface area contributed by atoms with Gasteiger partial charge in [0, 0.05) is 11.6 Å². The monoisotopic (exact) mass is 307 g/mol. The third kappa shape index (κ3) is 5.12. The third-order valence-electron chi connectivity index (χ3n) is 3.19. The smallest absolute Gasteiger partial charge is 0.123 e. The minimum atomic E-state index is -0.237. The van der Waals surface area contributed by atoms with Gasteiger partial charge in [-0.2, -0.15) is 0 Å². The number of nitrogens with one attached hydrogen (secondary N) is 1. The summed E-state index contributed by atoms with van der Waals surface area (Å²) in [6.45, 7) is 4.09. The van der Waals surface area contributed by atoms with Crippen LogP contribution in [0.4, 0.5) is 4.39 Å². The molecule has 2 aromatic carbocycles. The van der Waals surface area contributed by atoms with E-state index in [9.17, 15) is 4.39 Å². The molecule has 1 N–H and O–H groups in total. The van der Waals surface area contributed by atoms with Gasteiger partial charge in [0.1, 0.15) is 5.82 Å². The van der Waals surface area contributed by atoms with Gasteiger partial charge in [-0.3, -0.25) is 0 Å². The highest BCUT2D eigenvalue weighted by atomic mass is 35.5. The predicted octanol–water partition coefficient (Wildman–Crippen LogP) is 4.35. The molecular weight excluding hydrogens is 289 g/mol. The van der Waals surface area contributed by atoms with Crippen LogP contribution in [0.1, 0.15) is 24.2 Å². The molecule has 0 aromatic heterocycles. The van der Waals surface area contributed by atoms with Crippen molar-refractivity contribution in [2.75, 3.05) is 13.1 Å². The Morgan fingerprint density at radius 2 is 1.76 bits per heavy atom. The van der Waals surface area contributed by atoms with Crippen molar-refractivity contribution in [1.29, 1.82) is 0 Å². The zero-order valence-corrected chi connectivity index (χ0v) is 12.7. The van der Waals surface area contributed by atoms with Crippen molar-refractivity contribution in [3.05, 3.63) is 70.5 Å². The number of benzene rings is 2. The van der Waals surface area contributed by atoms with Crippen molar-refractivity contribution in [2.45, 2.75) is 19.6 Å². The molecule has 0 spiro atoms. The molecule has 0 saturated heterocycles. The molecule has 2 aromatic rings. The van der Waals surface area contributed by atoms with Crippen molar-refractivity contribution < 1.29 is 9.13 Å². The van der Waals surface area contributed by atoms with E-state index >= 15 is 0 Å². The number of rotatable bonds is 7. The van der Waals surface area contributed by atoms with Crippen LogP contribution in [0.25, 0.3) is 0 Å². The van der Waals surface area contributed by atoms with E-state index in [-0.39, 0.29) is 11.9 Å². The van der Waals surface area contributed by atoms with E-state index in [1.807, 2.05) is 31.2 Å². The van der Waals surface area contributed by atoms with E-state index in [0.717, 1.165) is 17.7 Å². The topological polar surface area (TPSA) is 21.3 Å². The Bertz CT molecular complexity index is 542. The van der Waals surface area contributed by atoms with Crippen LogP contribution < -0.4 is 5.32 Å². The fraction of sp³-hybridized carbons (Fsp3) is 0.294.